The summed E-state index contributed by atoms with van der Waals surface area (Å²) in [5.74, 6) is -0.301. The second kappa shape index (κ2) is 10.7. The Balaban J connectivity index is 0.00000341. The van der Waals surface area contributed by atoms with Gasteiger partial charge in [0.25, 0.3) is 5.91 Å². The van der Waals surface area contributed by atoms with E-state index in [0.717, 1.165) is 17.7 Å². The highest BCUT2D eigenvalue weighted by Gasteiger charge is 2.23. The molecule has 0 aliphatic rings. The maximum atomic E-state index is 13.4. The van der Waals surface area contributed by atoms with Gasteiger partial charge < -0.3 is 4.90 Å². The van der Waals surface area contributed by atoms with Crippen LogP contribution in [0.1, 0.15) is 23.7 Å². The highest BCUT2D eigenvalue weighted by molar-refractivity contribution is 7.91. The monoisotopic (exact) mass is 501 g/mol. The van der Waals surface area contributed by atoms with E-state index in [9.17, 15) is 13.2 Å². The molecular formula is C21H25Cl2N3O3S2. The van der Waals surface area contributed by atoms with Crippen LogP contribution in [0.2, 0.25) is 5.02 Å². The number of benzene rings is 2. The van der Waals surface area contributed by atoms with Gasteiger partial charge >= 0.3 is 0 Å². The molecule has 2 aromatic carbocycles. The number of thiazole rings is 1. The van der Waals surface area contributed by atoms with Crippen LogP contribution in [0.25, 0.3) is 10.2 Å². The molecule has 0 unspecified atom stereocenters. The van der Waals surface area contributed by atoms with Crippen molar-refractivity contribution in [1.82, 2.24) is 9.88 Å². The van der Waals surface area contributed by atoms with Gasteiger partial charge in [0.05, 0.1) is 20.4 Å². The van der Waals surface area contributed by atoms with Crippen LogP contribution in [0.4, 0.5) is 5.13 Å². The second-order valence-electron chi connectivity index (χ2n) is 7.13. The van der Waals surface area contributed by atoms with Gasteiger partial charge in [-0.05, 0) is 57.4 Å². The van der Waals surface area contributed by atoms with Gasteiger partial charge in [-0.25, -0.2) is 13.4 Å². The van der Waals surface area contributed by atoms with Gasteiger partial charge in [-0.15, -0.1) is 12.4 Å². The molecule has 0 atom stereocenters. The molecule has 3 aromatic rings. The van der Waals surface area contributed by atoms with Crippen molar-refractivity contribution in [2.75, 3.05) is 37.8 Å². The summed E-state index contributed by atoms with van der Waals surface area (Å²) >= 11 is 7.67. The number of para-hydroxylation sites is 1. The summed E-state index contributed by atoms with van der Waals surface area (Å²) in [5, 5.41) is 1.08. The van der Waals surface area contributed by atoms with E-state index in [4.69, 9.17) is 11.6 Å². The molecule has 1 aromatic heterocycles. The second-order valence-corrected chi connectivity index (χ2v) is 10.8. The Labute approximate surface area is 198 Å². The van der Waals surface area contributed by atoms with Crippen LogP contribution in [-0.4, -0.2) is 57.1 Å². The average Bonchev–Trinajstić information content (AvgIpc) is 3.16. The van der Waals surface area contributed by atoms with E-state index in [-0.39, 0.29) is 29.0 Å². The lowest BCUT2D eigenvalue weighted by Gasteiger charge is -2.21. The maximum absolute atomic E-state index is 13.4. The van der Waals surface area contributed by atoms with Crippen LogP contribution in [0, 0.1) is 0 Å². The molecule has 0 saturated carbocycles. The number of hydrogen-bond acceptors (Lipinski definition) is 6. The summed E-state index contributed by atoms with van der Waals surface area (Å²) in [4.78, 5) is 21.8. The minimum atomic E-state index is -3.41. The largest absolute Gasteiger partial charge is 0.309 e. The Bertz CT molecular complexity index is 1160. The number of carbonyl (C=O) groups excluding carboxylic acids is 1. The third-order valence-electron chi connectivity index (χ3n) is 4.64. The molecule has 0 spiro atoms. The first kappa shape index (κ1) is 25.5. The molecule has 0 saturated heterocycles. The topological polar surface area (TPSA) is 70.6 Å². The highest BCUT2D eigenvalue weighted by atomic mass is 35.5. The Morgan fingerprint density at radius 2 is 1.84 bits per heavy atom. The summed E-state index contributed by atoms with van der Waals surface area (Å²) < 4.78 is 25.4. The van der Waals surface area contributed by atoms with Gasteiger partial charge in [0.1, 0.15) is 5.52 Å². The molecule has 1 heterocycles. The van der Waals surface area contributed by atoms with Gasteiger partial charge in [-0.2, -0.15) is 0 Å². The predicted octanol–water partition coefficient (Wildman–Crippen LogP) is 4.76. The molecule has 0 N–H and O–H groups in total. The molecule has 168 valence electrons. The average molecular weight is 502 g/mol. The number of sulfone groups is 1. The van der Waals surface area contributed by atoms with Gasteiger partial charge in [0, 0.05) is 12.1 Å². The van der Waals surface area contributed by atoms with Crippen LogP contribution in [-0.2, 0) is 9.84 Å². The molecule has 0 fully saturated rings. The van der Waals surface area contributed by atoms with Gasteiger partial charge in [-0.3, -0.25) is 9.69 Å². The van der Waals surface area contributed by atoms with Crippen molar-refractivity contribution in [1.29, 1.82) is 0 Å². The zero-order valence-electron chi connectivity index (χ0n) is 17.5. The standard InChI is InChI=1S/C21H24ClN3O3S2.ClH/c1-4-30(27,28)16-9-5-8-15(14-16)20(26)25(13-7-12-24(2)3)21-23-19-17(22)10-6-11-18(19)29-21;/h5-6,8-11,14H,4,7,12-13H2,1-3H3;1H. The predicted molar refractivity (Wildman–Crippen MR) is 131 cm³/mol. The van der Waals surface area contributed by atoms with Crippen molar-refractivity contribution < 1.29 is 13.2 Å². The van der Waals surface area contributed by atoms with Crippen LogP contribution in [0.15, 0.2) is 47.4 Å². The van der Waals surface area contributed by atoms with E-state index in [0.29, 0.717) is 27.8 Å². The van der Waals surface area contributed by atoms with E-state index < -0.39 is 9.84 Å². The zero-order chi connectivity index (χ0) is 21.9. The van der Waals surface area contributed by atoms with E-state index in [1.54, 1.807) is 30.0 Å². The molecule has 10 heteroatoms. The number of fused-ring (bicyclic) bond motifs is 1. The van der Waals surface area contributed by atoms with Crippen molar-refractivity contribution in [2.24, 2.45) is 0 Å². The minimum absolute atomic E-state index is 0. The normalized spacial score (nSPS) is 11.5. The van der Waals surface area contributed by atoms with Crippen LogP contribution < -0.4 is 4.90 Å². The van der Waals surface area contributed by atoms with Crippen LogP contribution in [0.3, 0.4) is 0 Å². The van der Waals surface area contributed by atoms with E-state index in [2.05, 4.69) is 4.98 Å². The Hall–Kier alpha value is -1.71. The third-order valence-corrected chi connectivity index (χ3v) is 7.72. The Morgan fingerprint density at radius 3 is 2.48 bits per heavy atom. The summed E-state index contributed by atoms with van der Waals surface area (Å²) in [5.41, 5.74) is 0.978. The quantitative estimate of drug-likeness (QED) is 0.444. The molecule has 0 bridgehead atoms. The first-order valence-corrected chi connectivity index (χ1v) is 12.4. The number of hydrogen-bond donors (Lipinski definition) is 0. The zero-order valence-corrected chi connectivity index (χ0v) is 20.7. The van der Waals surface area contributed by atoms with Crippen LogP contribution >= 0.6 is 35.3 Å². The number of aromatic nitrogens is 1. The number of halogens is 2. The molecular weight excluding hydrogens is 477 g/mol. The van der Waals surface area contributed by atoms with E-state index in [1.165, 1.54) is 23.5 Å². The Kier molecular flexibility index (Phi) is 8.85. The Morgan fingerprint density at radius 1 is 1.13 bits per heavy atom. The molecule has 0 aliphatic carbocycles. The van der Waals surface area contributed by atoms with E-state index in [1.807, 2.05) is 31.1 Å². The molecule has 3 rings (SSSR count). The lowest BCUT2D eigenvalue weighted by molar-refractivity contribution is 0.0986. The third kappa shape index (κ3) is 5.96. The fourth-order valence-corrected chi connectivity index (χ4v) is 5.21. The smallest absolute Gasteiger partial charge is 0.260 e. The number of rotatable bonds is 8. The van der Waals surface area contributed by atoms with Crippen LogP contribution in [0.5, 0.6) is 0 Å². The van der Waals surface area contributed by atoms with Gasteiger partial charge in [-0.1, -0.05) is 42.0 Å². The molecule has 0 aliphatic heterocycles. The molecule has 6 nitrogen and oxygen atoms in total. The number of nitrogens with zero attached hydrogens (tertiary/aromatic N) is 3. The number of amides is 1. The number of carbonyl (C=O) groups is 1. The lowest BCUT2D eigenvalue weighted by atomic mass is 10.2. The molecule has 1 amide bonds. The van der Waals surface area contributed by atoms with Crippen molar-refractivity contribution in [3.05, 3.63) is 53.1 Å². The maximum Gasteiger partial charge on any atom is 0.260 e. The van der Waals surface area contributed by atoms with Crippen molar-refractivity contribution in [2.45, 2.75) is 18.2 Å². The summed E-state index contributed by atoms with van der Waals surface area (Å²) in [6.45, 7) is 2.85. The number of anilines is 1. The summed E-state index contributed by atoms with van der Waals surface area (Å²) in [6.07, 6.45) is 0.745. The fraction of sp³-hybridized carbons (Fsp3) is 0.333. The van der Waals surface area contributed by atoms with Crippen molar-refractivity contribution >= 4 is 66.4 Å². The van der Waals surface area contributed by atoms with Crippen molar-refractivity contribution in [3.8, 4) is 0 Å². The minimum Gasteiger partial charge on any atom is -0.309 e. The molecule has 0 radical (unpaired) electrons. The van der Waals surface area contributed by atoms with Gasteiger partial charge in [0.2, 0.25) is 0 Å². The molecule has 31 heavy (non-hydrogen) atoms. The summed E-state index contributed by atoms with van der Waals surface area (Å²) in [6, 6.07) is 11.7. The lowest BCUT2D eigenvalue weighted by Crippen LogP contribution is -2.33. The first-order valence-electron chi connectivity index (χ1n) is 9.57. The van der Waals surface area contributed by atoms with E-state index >= 15 is 0 Å². The van der Waals surface area contributed by atoms with Crippen molar-refractivity contribution in [3.63, 3.8) is 0 Å². The first-order chi connectivity index (χ1) is 14.2. The fourth-order valence-electron chi connectivity index (χ4n) is 2.99. The van der Waals surface area contributed by atoms with Gasteiger partial charge in [0.15, 0.2) is 15.0 Å². The summed E-state index contributed by atoms with van der Waals surface area (Å²) in [7, 11) is 0.543. The SMILES string of the molecule is CCS(=O)(=O)c1cccc(C(=O)N(CCCN(C)C)c2nc3c(Cl)cccc3s2)c1.Cl. The highest BCUT2D eigenvalue weighted by Crippen LogP contribution is 2.33.